The van der Waals surface area contributed by atoms with Crippen molar-refractivity contribution in [2.24, 2.45) is 0 Å². The molecule has 64 valence electrons. The average molecular weight is 164 g/mol. The standard InChI is InChI=1S/C10H14N2/c1-12-7-3-5-10(12)9-4-2-6-11-8-9/h2,4,6,8,10H,3,5,7H2,1H3/i7D2. The molecule has 0 aromatic carbocycles. The molecule has 2 nitrogen and oxygen atoms in total. The first-order chi connectivity index (χ1) is 6.61. The van der Waals surface area contributed by atoms with Gasteiger partial charge in [-0.2, -0.15) is 0 Å². The number of hydrogen-bond donors (Lipinski definition) is 0. The number of hydrogen-bond acceptors (Lipinski definition) is 2. The number of likely N-dealkylation sites (tertiary alicyclic amines) is 1. The van der Waals surface area contributed by atoms with Gasteiger partial charge in [0.2, 0.25) is 0 Å². The maximum atomic E-state index is 7.74. The largest absolute Gasteiger partial charge is 0.299 e. The molecule has 1 aromatic heterocycles. The lowest BCUT2D eigenvalue weighted by atomic mass is 10.1. The SMILES string of the molecule is [2H]C1([2H])CCC(c2cccnc2)N1C. The lowest BCUT2D eigenvalue weighted by Crippen LogP contribution is -2.17. The minimum Gasteiger partial charge on any atom is -0.299 e. The van der Waals surface area contributed by atoms with Crippen molar-refractivity contribution in [3.05, 3.63) is 30.1 Å². The smallest absolute Gasteiger partial charge is 0.0431 e. The number of nitrogens with zero attached hydrogens (tertiary/aromatic N) is 2. The zero-order valence-electron chi connectivity index (χ0n) is 9.20. The summed E-state index contributed by atoms with van der Waals surface area (Å²) in [5, 5.41) is 0. The molecule has 1 saturated heterocycles. The van der Waals surface area contributed by atoms with Crippen LogP contribution in [0.25, 0.3) is 0 Å². The second kappa shape index (κ2) is 3.23. The molecular weight excluding hydrogens is 148 g/mol. The molecule has 1 unspecified atom stereocenters. The Bertz CT molecular complexity index is 313. The second-order valence-corrected chi connectivity index (χ2v) is 3.11. The summed E-state index contributed by atoms with van der Waals surface area (Å²) in [6.07, 6.45) is 5.04. The van der Waals surface area contributed by atoms with E-state index in [0.717, 1.165) is 12.0 Å². The van der Waals surface area contributed by atoms with Crippen molar-refractivity contribution >= 4 is 0 Å². The van der Waals surface area contributed by atoms with Gasteiger partial charge in [-0.3, -0.25) is 9.88 Å². The molecule has 1 aromatic rings. The Kier molecular flexibility index (Phi) is 1.54. The first-order valence-electron chi connectivity index (χ1n) is 5.24. The number of pyridine rings is 1. The van der Waals surface area contributed by atoms with Crippen LogP contribution in [-0.2, 0) is 0 Å². The molecule has 0 N–H and O–H groups in total. The minimum atomic E-state index is -1.17. The molecular formula is C10H14N2. The molecule has 0 spiro atoms. The summed E-state index contributed by atoms with van der Waals surface area (Å²) in [6, 6.07) is 4.09. The highest BCUT2D eigenvalue weighted by atomic mass is 15.1. The summed E-state index contributed by atoms with van der Waals surface area (Å²) in [4.78, 5) is 5.86. The van der Waals surface area contributed by atoms with Crippen LogP contribution in [0.2, 0.25) is 0 Å². The van der Waals surface area contributed by atoms with Crippen molar-refractivity contribution in [2.45, 2.75) is 18.9 Å². The van der Waals surface area contributed by atoms with Crippen LogP contribution in [0.1, 0.15) is 27.2 Å². The second-order valence-electron chi connectivity index (χ2n) is 3.11. The van der Waals surface area contributed by atoms with Crippen LogP contribution in [0.5, 0.6) is 0 Å². The van der Waals surface area contributed by atoms with E-state index in [-0.39, 0.29) is 6.04 Å². The fourth-order valence-corrected chi connectivity index (χ4v) is 1.64. The third kappa shape index (κ3) is 1.34. The molecule has 12 heavy (non-hydrogen) atoms. The minimum absolute atomic E-state index is 0.179. The van der Waals surface area contributed by atoms with E-state index in [4.69, 9.17) is 2.74 Å². The van der Waals surface area contributed by atoms with Gasteiger partial charge < -0.3 is 0 Å². The molecule has 0 radical (unpaired) electrons. The van der Waals surface area contributed by atoms with Crippen molar-refractivity contribution < 1.29 is 2.74 Å². The summed E-state index contributed by atoms with van der Waals surface area (Å²) in [5.41, 5.74) is 1.11. The normalized spacial score (nSPS) is 31.2. The monoisotopic (exact) mass is 164 g/mol. The van der Waals surface area contributed by atoms with Crippen LogP contribution < -0.4 is 0 Å². The van der Waals surface area contributed by atoms with Crippen LogP contribution in [0.15, 0.2) is 24.5 Å². The van der Waals surface area contributed by atoms with Crippen molar-refractivity contribution in [3.63, 3.8) is 0 Å². The molecule has 2 rings (SSSR count). The van der Waals surface area contributed by atoms with E-state index in [1.807, 2.05) is 25.4 Å². The van der Waals surface area contributed by atoms with Crippen molar-refractivity contribution in [1.82, 2.24) is 9.88 Å². The maximum absolute atomic E-state index is 7.74. The fraction of sp³-hybridized carbons (Fsp3) is 0.500. The van der Waals surface area contributed by atoms with Crippen molar-refractivity contribution in [2.75, 3.05) is 13.5 Å². The van der Waals surface area contributed by atoms with Gasteiger partial charge in [-0.25, -0.2) is 0 Å². The average Bonchev–Trinajstić information content (AvgIpc) is 2.44. The van der Waals surface area contributed by atoms with Gasteiger partial charge in [-0.1, -0.05) is 6.07 Å². The molecule has 0 aliphatic carbocycles. The zero-order chi connectivity index (χ0) is 10.2. The van der Waals surface area contributed by atoms with Gasteiger partial charge in [0.25, 0.3) is 0 Å². The van der Waals surface area contributed by atoms with E-state index in [1.54, 1.807) is 11.1 Å². The van der Waals surface area contributed by atoms with E-state index in [9.17, 15) is 0 Å². The van der Waals surface area contributed by atoms with Gasteiger partial charge in [0.1, 0.15) is 0 Å². The third-order valence-electron chi connectivity index (χ3n) is 2.32. The summed E-state index contributed by atoms with van der Waals surface area (Å²) in [6.45, 7) is -1.17. The molecule has 1 fully saturated rings. The molecule has 1 aliphatic heterocycles. The maximum Gasteiger partial charge on any atom is 0.0431 e. The van der Waals surface area contributed by atoms with Gasteiger partial charge in [-0.15, -0.1) is 0 Å². The van der Waals surface area contributed by atoms with Gasteiger partial charge in [-0.05, 0) is 38.0 Å². The first-order valence-corrected chi connectivity index (χ1v) is 4.24. The number of aromatic nitrogens is 1. The van der Waals surface area contributed by atoms with Crippen molar-refractivity contribution in [1.29, 1.82) is 0 Å². The fourth-order valence-electron chi connectivity index (χ4n) is 1.64. The Balaban J connectivity index is 2.23. The van der Waals surface area contributed by atoms with E-state index in [1.165, 1.54) is 0 Å². The van der Waals surface area contributed by atoms with Crippen LogP contribution in [0.4, 0.5) is 0 Å². The van der Waals surface area contributed by atoms with Gasteiger partial charge in [0, 0.05) is 21.2 Å². The van der Waals surface area contributed by atoms with Crippen LogP contribution in [0, 0.1) is 0 Å². The Hall–Kier alpha value is -0.890. The predicted octanol–water partition coefficient (Wildman–Crippen LogP) is 1.85. The quantitative estimate of drug-likeness (QED) is 0.629. The van der Waals surface area contributed by atoms with E-state index < -0.39 is 6.50 Å². The molecule has 2 heteroatoms. The molecule has 0 bridgehead atoms. The van der Waals surface area contributed by atoms with Crippen LogP contribution >= 0.6 is 0 Å². The third-order valence-corrected chi connectivity index (χ3v) is 2.32. The highest BCUT2D eigenvalue weighted by molar-refractivity contribution is 5.14. The Morgan fingerprint density at radius 3 is 3.25 bits per heavy atom. The Labute approximate surface area is 76.0 Å². The summed E-state index contributed by atoms with van der Waals surface area (Å²) in [5.74, 6) is 0. The van der Waals surface area contributed by atoms with Crippen molar-refractivity contribution in [3.8, 4) is 0 Å². The molecule has 2 heterocycles. The highest BCUT2D eigenvalue weighted by Crippen LogP contribution is 2.29. The van der Waals surface area contributed by atoms with Gasteiger partial charge >= 0.3 is 0 Å². The Morgan fingerprint density at radius 2 is 2.67 bits per heavy atom. The van der Waals surface area contributed by atoms with Gasteiger partial charge in [0.15, 0.2) is 0 Å². The summed E-state index contributed by atoms with van der Waals surface area (Å²) < 4.78 is 15.5. The van der Waals surface area contributed by atoms with Crippen LogP contribution in [-0.4, -0.2) is 23.4 Å². The molecule has 0 saturated carbocycles. The highest BCUT2D eigenvalue weighted by Gasteiger charge is 2.21. The lowest BCUT2D eigenvalue weighted by Gasteiger charge is -2.18. The zero-order valence-corrected chi connectivity index (χ0v) is 7.20. The topological polar surface area (TPSA) is 16.1 Å². The van der Waals surface area contributed by atoms with E-state index >= 15 is 0 Å². The lowest BCUT2D eigenvalue weighted by molar-refractivity contribution is 0.317. The molecule has 1 atom stereocenters. The molecule has 0 amide bonds. The Morgan fingerprint density at radius 1 is 1.75 bits per heavy atom. The number of rotatable bonds is 1. The van der Waals surface area contributed by atoms with Gasteiger partial charge in [0.05, 0.1) is 0 Å². The van der Waals surface area contributed by atoms with E-state index in [2.05, 4.69) is 4.98 Å². The summed E-state index contributed by atoms with van der Waals surface area (Å²) in [7, 11) is 1.84. The first kappa shape index (κ1) is 5.70. The summed E-state index contributed by atoms with van der Waals surface area (Å²) >= 11 is 0. The van der Waals surface area contributed by atoms with E-state index in [0.29, 0.717) is 6.42 Å². The predicted molar refractivity (Wildman–Crippen MR) is 48.8 cm³/mol. The van der Waals surface area contributed by atoms with Crippen LogP contribution in [0.3, 0.4) is 0 Å². The molecule has 1 aliphatic rings.